The third-order valence-electron chi connectivity index (χ3n) is 4.21. The van der Waals surface area contributed by atoms with Crippen molar-refractivity contribution in [2.75, 3.05) is 7.05 Å². The average molecular weight is 319 g/mol. The highest BCUT2D eigenvalue weighted by atomic mass is 16.3. The molecule has 0 saturated carbocycles. The first-order chi connectivity index (χ1) is 11.6. The fraction of sp³-hybridized carbons (Fsp3) is 0.190. The Kier molecular flexibility index (Phi) is 4.92. The molecule has 0 fully saturated rings. The number of pyridine rings is 1. The second-order valence-corrected chi connectivity index (χ2v) is 6.53. The van der Waals surface area contributed by atoms with E-state index in [-0.39, 0.29) is 5.75 Å². The van der Waals surface area contributed by atoms with Crippen LogP contribution in [0.5, 0.6) is 5.75 Å². The SMILES string of the molecule is C[N+](Cc1ccccc1)(Cc1ccccc1)Cc1ncccc1O. The standard InChI is InChI=1S/C21H22N2O/c1-23(15-18-9-4-2-5-10-18,16-19-11-6-3-7-12-19)17-20-21(24)13-8-14-22-20/h2-14H,15-17H2,1H3/p+1. The van der Waals surface area contributed by atoms with Gasteiger partial charge < -0.3 is 9.59 Å². The van der Waals surface area contributed by atoms with Gasteiger partial charge >= 0.3 is 0 Å². The Morgan fingerprint density at radius 3 is 1.79 bits per heavy atom. The maximum atomic E-state index is 10.1. The monoisotopic (exact) mass is 319 g/mol. The van der Waals surface area contributed by atoms with Crippen LogP contribution in [0, 0.1) is 0 Å². The minimum atomic E-state index is 0.267. The number of aromatic nitrogens is 1. The maximum absolute atomic E-state index is 10.1. The van der Waals surface area contributed by atoms with Gasteiger partial charge in [-0.3, -0.25) is 4.98 Å². The van der Waals surface area contributed by atoms with E-state index in [0.29, 0.717) is 6.54 Å². The molecule has 0 unspecified atom stereocenters. The first-order valence-electron chi connectivity index (χ1n) is 8.19. The molecule has 0 radical (unpaired) electrons. The Morgan fingerprint density at radius 2 is 1.29 bits per heavy atom. The zero-order valence-electron chi connectivity index (χ0n) is 14.0. The number of aromatic hydroxyl groups is 1. The fourth-order valence-electron chi connectivity index (χ4n) is 3.13. The van der Waals surface area contributed by atoms with Gasteiger partial charge in [0, 0.05) is 17.3 Å². The lowest BCUT2D eigenvalue weighted by Crippen LogP contribution is -2.41. The quantitative estimate of drug-likeness (QED) is 0.693. The molecule has 3 nitrogen and oxygen atoms in total. The Morgan fingerprint density at radius 1 is 0.750 bits per heavy atom. The molecule has 0 atom stereocenters. The summed E-state index contributed by atoms with van der Waals surface area (Å²) in [6.07, 6.45) is 1.74. The summed E-state index contributed by atoms with van der Waals surface area (Å²) >= 11 is 0. The molecule has 0 saturated heterocycles. The molecule has 0 spiro atoms. The first kappa shape index (κ1) is 16.2. The summed E-state index contributed by atoms with van der Waals surface area (Å²) in [5.41, 5.74) is 3.31. The Bertz CT molecular complexity index is 731. The van der Waals surface area contributed by atoms with Crippen molar-refractivity contribution in [2.24, 2.45) is 0 Å². The largest absolute Gasteiger partial charge is 0.506 e. The van der Waals surface area contributed by atoms with Gasteiger partial charge in [-0.2, -0.15) is 0 Å². The molecule has 3 heteroatoms. The van der Waals surface area contributed by atoms with Gasteiger partial charge in [0.05, 0.1) is 7.05 Å². The van der Waals surface area contributed by atoms with Crippen LogP contribution in [0.25, 0.3) is 0 Å². The minimum Gasteiger partial charge on any atom is -0.506 e. The number of hydrogen-bond donors (Lipinski definition) is 1. The van der Waals surface area contributed by atoms with E-state index in [4.69, 9.17) is 0 Å². The van der Waals surface area contributed by atoms with E-state index in [2.05, 4.69) is 60.6 Å². The lowest BCUT2D eigenvalue weighted by Gasteiger charge is -2.34. The number of nitrogens with zero attached hydrogens (tertiary/aromatic N) is 2. The summed E-state index contributed by atoms with van der Waals surface area (Å²) in [6, 6.07) is 24.4. The van der Waals surface area contributed by atoms with Crippen molar-refractivity contribution in [3.05, 3.63) is 95.8 Å². The van der Waals surface area contributed by atoms with Crippen molar-refractivity contribution in [3.8, 4) is 5.75 Å². The van der Waals surface area contributed by atoms with Gasteiger partial charge in [0.2, 0.25) is 0 Å². The predicted octanol–water partition coefficient (Wildman–Crippen LogP) is 4.13. The molecule has 122 valence electrons. The van der Waals surface area contributed by atoms with Gasteiger partial charge in [0.15, 0.2) is 0 Å². The highest BCUT2D eigenvalue weighted by Crippen LogP contribution is 2.24. The molecule has 0 amide bonds. The third kappa shape index (κ3) is 4.21. The van der Waals surface area contributed by atoms with Crippen molar-refractivity contribution in [2.45, 2.75) is 19.6 Å². The molecule has 1 N–H and O–H groups in total. The number of benzene rings is 2. The van der Waals surface area contributed by atoms with Crippen LogP contribution in [0.15, 0.2) is 79.0 Å². The lowest BCUT2D eigenvalue weighted by molar-refractivity contribution is -0.948. The van der Waals surface area contributed by atoms with E-state index in [1.165, 1.54) is 11.1 Å². The number of quaternary nitrogens is 1. The van der Waals surface area contributed by atoms with Crippen LogP contribution in [0.2, 0.25) is 0 Å². The van der Waals surface area contributed by atoms with Gasteiger partial charge in [-0.15, -0.1) is 0 Å². The highest BCUT2D eigenvalue weighted by molar-refractivity contribution is 5.24. The number of hydrogen-bond acceptors (Lipinski definition) is 2. The van der Waals surface area contributed by atoms with Crippen LogP contribution in [-0.2, 0) is 19.6 Å². The highest BCUT2D eigenvalue weighted by Gasteiger charge is 2.25. The first-order valence-corrected chi connectivity index (χ1v) is 8.19. The molecule has 1 heterocycles. The molecule has 0 aliphatic heterocycles. The molecule has 2 aromatic carbocycles. The van der Waals surface area contributed by atoms with Gasteiger partial charge in [0.1, 0.15) is 31.1 Å². The van der Waals surface area contributed by atoms with Crippen molar-refractivity contribution in [1.82, 2.24) is 4.98 Å². The molecule has 3 rings (SSSR count). The van der Waals surface area contributed by atoms with Crippen LogP contribution >= 0.6 is 0 Å². The van der Waals surface area contributed by atoms with E-state index in [1.54, 1.807) is 18.3 Å². The summed E-state index contributed by atoms with van der Waals surface area (Å²) < 4.78 is 0.749. The Labute approximate surface area is 143 Å². The van der Waals surface area contributed by atoms with Gasteiger partial charge in [0.25, 0.3) is 0 Å². The third-order valence-corrected chi connectivity index (χ3v) is 4.21. The van der Waals surface area contributed by atoms with Crippen molar-refractivity contribution >= 4 is 0 Å². The molecule has 3 aromatic rings. The maximum Gasteiger partial charge on any atom is 0.142 e. The molecule has 0 bridgehead atoms. The summed E-state index contributed by atoms with van der Waals surface area (Å²) in [5.74, 6) is 0.267. The van der Waals surface area contributed by atoms with E-state index in [9.17, 15) is 5.11 Å². The summed E-state index contributed by atoms with van der Waals surface area (Å²) in [5, 5.41) is 10.1. The van der Waals surface area contributed by atoms with Crippen LogP contribution in [0.3, 0.4) is 0 Å². The van der Waals surface area contributed by atoms with E-state index in [1.807, 2.05) is 12.1 Å². The molecule has 0 aliphatic carbocycles. The van der Waals surface area contributed by atoms with Crippen molar-refractivity contribution in [3.63, 3.8) is 0 Å². The number of rotatable bonds is 6. The van der Waals surface area contributed by atoms with Gasteiger partial charge in [-0.25, -0.2) is 0 Å². The zero-order chi connectivity index (χ0) is 16.8. The van der Waals surface area contributed by atoms with Gasteiger partial charge in [-0.1, -0.05) is 60.7 Å². The average Bonchev–Trinajstić information content (AvgIpc) is 2.58. The smallest absolute Gasteiger partial charge is 0.142 e. The molecule has 24 heavy (non-hydrogen) atoms. The zero-order valence-corrected chi connectivity index (χ0v) is 14.0. The van der Waals surface area contributed by atoms with Crippen LogP contribution < -0.4 is 0 Å². The molecule has 0 aliphatic rings. The van der Waals surface area contributed by atoms with E-state index in [0.717, 1.165) is 23.3 Å². The minimum absolute atomic E-state index is 0.267. The normalized spacial score (nSPS) is 11.4. The topological polar surface area (TPSA) is 33.1 Å². The summed E-state index contributed by atoms with van der Waals surface area (Å²) in [6.45, 7) is 2.44. The van der Waals surface area contributed by atoms with Crippen LogP contribution in [0.4, 0.5) is 0 Å². The Balaban J connectivity index is 1.89. The Hall–Kier alpha value is -2.65. The lowest BCUT2D eigenvalue weighted by atomic mass is 10.1. The summed E-state index contributed by atoms with van der Waals surface area (Å²) in [7, 11) is 2.22. The van der Waals surface area contributed by atoms with Crippen LogP contribution in [-0.4, -0.2) is 21.6 Å². The molecular formula is C21H23N2O+. The fourth-order valence-corrected chi connectivity index (χ4v) is 3.13. The van der Waals surface area contributed by atoms with E-state index < -0.39 is 0 Å². The second-order valence-electron chi connectivity index (χ2n) is 6.53. The summed E-state index contributed by atoms with van der Waals surface area (Å²) in [4.78, 5) is 4.38. The van der Waals surface area contributed by atoms with E-state index >= 15 is 0 Å². The molecular weight excluding hydrogens is 296 g/mol. The predicted molar refractivity (Wildman–Crippen MR) is 96.1 cm³/mol. The van der Waals surface area contributed by atoms with Crippen molar-refractivity contribution in [1.29, 1.82) is 0 Å². The van der Waals surface area contributed by atoms with Crippen LogP contribution in [0.1, 0.15) is 16.8 Å². The second kappa shape index (κ2) is 7.28. The van der Waals surface area contributed by atoms with Crippen molar-refractivity contribution < 1.29 is 9.59 Å². The molecule has 1 aromatic heterocycles. The van der Waals surface area contributed by atoms with Gasteiger partial charge in [-0.05, 0) is 12.1 Å².